The summed E-state index contributed by atoms with van der Waals surface area (Å²) in [5, 5.41) is 0. The van der Waals surface area contributed by atoms with Gasteiger partial charge in [-0.15, -0.1) is 0 Å². The second-order valence-corrected chi connectivity index (χ2v) is 10.3. The highest BCUT2D eigenvalue weighted by atomic mass is 32.2. The Morgan fingerprint density at radius 3 is 2.51 bits per heavy atom. The van der Waals surface area contributed by atoms with E-state index in [1.165, 1.54) is 12.1 Å². The number of amides is 1. The van der Waals surface area contributed by atoms with Gasteiger partial charge in [-0.1, -0.05) is 13.3 Å². The van der Waals surface area contributed by atoms with Gasteiger partial charge < -0.3 is 14.2 Å². The van der Waals surface area contributed by atoms with Gasteiger partial charge in [-0.3, -0.25) is 9.52 Å². The first-order valence-electron chi connectivity index (χ1n) is 11.9. The summed E-state index contributed by atoms with van der Waals surface area (Å²) in [5.41, 5.74) is 1.44. The van der Waals surface area contributed by atoms with Crippen molar-refractivity contribution >= 4 is 27.3 Å². The van der Waals surface area contributed by atoms with Crippen molar-refractivity contribution in [1.29, 1.82) is 0 Å². The molecule has 1 saturated heterocycles. The highest BCUT2D eigenvalue weighted by molar-refractivity contribution is 7.92. The molecule has 7 nitrogen and oxygen atoms in total. The van der Waals surface area contributed by atoms with Crippen LogP contribution in [0.5, 0.6) is 0 Å². The highest BCUT2D eigenvalue weighted by Gasteiger charge is 2.26. The monoisotopic (exact) mass is 499 g/mol. The lowest BCUT2D eigenvalue weighted by molar-refractivity contribution is 0.0793. The lowest BCUT2D eigenvalue weighted by Crippen LogP contribution is -2.31. The molecule has 0 aliphatic carbocycles. The number of hydrogen-bond acceptors (Lipinski definition) is 5. The smallest absolute Gasteiger partial charge is 0.261 e. The summed E-state index contributed by atoms with van der Waals surface area (Å²) >= 11 is 0. The second kappa shape index (κ2) is 10.9. The van der Waals surface area contributed by atoms with Crippen molar-refractivity contribution in [2.24, 2.45) is 0 Å². The van der Waals surface area contributed by atoms with Crippen LogP contribution in [0.4, 0.5) is 15.8 Å². The molecule has 0 unspecified atom stereocenters. The van der Waals surface area contributed by atoms with Gasteiger partial charge in [0.25, 0.3) is 15.9 Å². The number of rotatable bonds is 10. The van der Waals surface area contributed by atoms with Gasteiger partial charge >= 0.3 is 0 Å². The molecular formula is C26H30FN3O4S. The Labute approximate surface area is 205 Å². The van der Waals surface area contributed by atoms with E-state index in [0.29, 0.717) is 25.2 Å². The van der Waals surface area contributed by atoms with Crippen molar-refractivity contribution < 1.29 is 22.0 Å². The fraction of sp³-hybridized carbons (Fsp3) is 0.346. The van der Waals surface area contributed by atoms with Crippen molar-refractivity contribution in [3.8, 4) is 0 Å². The van der Waals surface area contributed by atoms with Crippen LogP contribution in [0.1, 0.15) is 48.7 Å². The Kier molecular flexibility index (Phi) is 7.75. The molecule has 0 saturated carbocycles. The molecule has 3 aromatic rings. The zero-order chi connectivity index (χ0) is 24.8. The van der Waals surface area contributed by atoms with Crippen LogP contribution >= 0.6 is 0 Å². The normalized spacial score (nSPS) is 13.7. The molecule has 1 aliphatic heterocycles. The molecule has 4 rings (SSSR count). The molecule has 9 heteroatoms. The third kappa shape index (κ3) is 6.03. The topological polar surface area (TPSA) is 82.9 Å². The maximum atomic E-state index is 13.5. The third-order valence-corrected chi connectivity index (χ3v) is 7.44. The van der Waals surface area contributed by atoms with E-state index < -0.39 is 15.8 Å². The van der Waals surface area contributed by atoms with Gasteiger partial charge in [0.2, 0.25) is 0 Å². The molecule has 1 fully saturated rings. The Hall–Kier alpha value is -3.33. The van der Waals surface area contributed by atoms with Crippen LogP contribution in [0.2, 0.25) is 0 Å². The van der Waals surface area contributed by atoms with Crippen molar-refractivity contribution in [2.75, 3.05) is 29.3 Å². The van der Waals surface area contributed by atoms with E-state index in [1.807, 2.05) is 17.0 Å². The van der Waals surface area contributed by atoms with E-state index in [-0.39, 0.29) is 16.5 Å². The lowest BCUT2D eigenvalue weighted by atomic mass is 10.1. The maximum absolute atomic E-state index is 13.5. The molecule has 2 heterocycles. The van der Waals surface area contributed by atoms with E-state index in [0.717, 1.165) is 55.8 Å². The van der Waals surface area contributed by atoms with E-state index in [2.05, 4.69) is 16.5 Å². The zero-order valence-electron chi connectivity index (χ0n) is 19.7. The number of unbranched alkanes of at least 4 members (excludes halogenated alkanes) is 1. The molecule has 186 valence electrons. The number of furan rings is 1. The first-order valence-corrected chi connectivity index (χ1v) is 13.3. The Balaban J connectivity index is 1.70. The molecule has 0 radical (unpaired) electrons. The Morgan fingerprint density at radius 2 is 1.86 bits per heavy atom. The maximum Gasteiger partial charge on any atom is 0.261 e. The van der Waals surface area contributed by atoms with Gasteiger partial charge in [0.05, 0.1) is 29.0 Å². The van der Waals surface area contributed by atoms with E-state index in [4.69, 9.17) is 4.42 Å². The quantitative estimate of drug-likeness (QED) is 0.411. The van der Waals surface area contributed by atoms with Crippen LogP contribution in [-0.4, -0.2) is 38.9 Å². The largest absolute Gasteiger partial charge is 0.467 e. The average molecular weight is 500 g/mol. The van der Waals surface area contributed by atoms with Crippen LogP contribution in [0, 0.1) is 5.82 Å². The van der Waals surface area contributed by atoms with Crippen molar-refractivity contribution in [3.63, 3.8) is 0 Å². The minimum Gasteiger partial charge on any atom is -0.467 e. The second-order valence-electron chi connectivity index (χ2n) is 8.65. The van der Waals surface area contributed by atoms with Gasteiger partial charge in [0, 0.05) is 25.3 Å². The molecular weight excluding hydrogens is 469 g/mol. The highest BCUT2D eigenvalue weighted by Crippen LogP contribution is 2.30. The summed E-state index contributed by atoms with van der Waals surface area (Å²) in [6.45, 7) is 4.68. The summed E-state index contributed by atoms with van der Waals surface area (Å²) in [6, 6.07) is 13.4. The van der Waals surface area contributed by atoms with Crippen LogP contribution < -0.4 is 9.62 Å². The molecule has 2 aromatic carbocycles. The van der Waals surface area contributed by atoms with Crippen LogP contribution in [-0.2, 0) is 16.6 Å². The number of anilines is 2. The molecule has 0 atom stereocenters. The van der Waals surface area contributed by atoms with Crippen molar-refractivity contribution in [2.45, 2.75) is 44.0 Å². The molecule has 35 heavy (non-hydrogen) atoms. The number of nitrogens with one attached hydrogen (secondary N) is 1. The molecule has 1 aliphatic rings. The summed E-state index contributed by atoms with van der Waals surface area (Å²) < 4.78 is 47.1. The number of carbonyl (C=O) groups is 1. The fourth-order valence-corrected chi connectivity index (χ4v) is 5.24. The summed E-state index contributed by atoms with van der Waals surface area (Å²) in [6.07, 6.45) is 5.43. The predicted molar refractivity (Wildman–Crippen MR) is 133 cm³/mol. The molecule has 1 amide bonds. The van der Waals surface area contributed by atoms with Crippen LogP contribution in [0.3, 0.4) is 0 Å². The van der Waals surface area contributed by atoms with E-state index in [1.54, 1.807) is 24.5 Å². The SMILES string of the molecule is CCCCN(Cc1ccco1)c1ccc(NS(=O)(=O)c2ccc(F)cc2)cc1C(=O)N1CCCC1. The molecule has 1 aromatic heterocycles. The summed E-state index contributed by atoms with van der Waals surface area (Å²) in [7, 11) is -3.95. The number of likely N-dealkylation sites (tertiary alicyclic amines) is 1. The number of nitrogens with zero attached hydrogens (tertiary/aromatic N) is 2. The number of benzene rings is 2. The van der Waals surface area contributed by atoms with E-state index >= 15 is 0 Å². The average Bonchev–Trinajstić information content (AvgIpc) is 3.56. The fourth-order valence-electron chi connectivity index (χ4n) is 4.19. The molecule has 0 spiro atoms. The van der Waals surface area contributed by atoms with Gasteiger partial charge in [0.1, 0.15) is 11.6 Å². The zero-order valence-corrected chi connectivity index (χ0v) is 20.6. The summed E-state index contributed by atoms with van der Waals surface area (Å²) in [4.78, 5) is 17.4. The van der Waals surface area contributed by atoms with Crippen LogP contribution in [0.15, 0.2) is 70.2 Å². The Morgan fingerprint density at radius 1 is 1.11 bits per heavy atom. The number of sulfonamides is 1. The third-order valence-electron chi connectivity index (χ3n) is 6.05. The predicted octanol–water partition coefficient (Wildman–Crippen LogP) is 5.26. The first-order chi connectivity index (χ1) is 16.9. The number of halogens is 1. The van der Waals surface area contributed by atoms with Gasteiger partial charge in [0.15, 0.2) is 0 Å². The summed E-state index contributed by atoms with van der Waals surface area (Å²) in [5.74, 6) is 0.138. The first kappa shape index (κ1) is 24.8. The standard InChI is InChI=1S/C26H30FN3O4S/c1-2-3-14-30(19-22-7-6-17-34-22)25-13-10-21(18-24(25)26(31)29-15-4-5-16-29)28-35(32,33)23-11-8-20(27)9-12-23/h6-13,17-18,28H,2-5,14-16,19H2,1H3. The Bertz CT molecular complexity index is 1240. The molecule has 0 bridgehead atoms. The number of hydrogen-bond donors (Lipinski definition) is 1. The van der Waals surface area contributed by atoms with Crippen LogP contribution in [0.25, 0.3) is 0 Å². The minimum absolute atomic E-state index is 0.0576. The minimum atomic E-state index is -3.95. The lowest BCUT2D eigenvalue weighted by Gasteiger charge is -2.28. The van der Waals surface area contributed by atoms with Crippen molar-refractivity contribution in [3.05, 3.63) is 78.0 Å². The van der Waals surface area contributed by atoms with Gasteiger partial charge in [-0.2, -0.15) is 0 Å². The van der Waals surface area contributed by atoms with Gasteiger partial charge in [-0.25, -0.2) is 12.8 Å². The molecule has 1 N–H and O–H groups in total. The van der Waals surface area contributed by atoms with E-state index in [9.17, 15) is 17.6 Å². The van der Waals surface area contributed by atoms with Crippen molar-refractivity contribution in [1.82, 2.24) is 4.90 Å². The number of carbonyl (C=O) groups excluding carboxylic acids is 1. The van der Waals surface area contributed by atoms with Gasteiger partial charge in [-0.05, 0) is 73.9 Å².